The van der Waals surface area contributed by atoms with Gasteiger partial charge in [-0.15, -0.1) is 0 Å². The first-order chi connectivity index (χ1) is 17.5. The van der Waals surface area contributed by atoms with Gasteiger partial charge in [0.25, 0.3) is 0 Å². The number of benzene rings is 2. The Morgan fingerprint density at radius 1 is 1.03 bits per heavy atom. The van der Waals surface area contributed by atoms with Crippen LogP contribution in [0, 0.1) is 23.0 Å². The maximum Gasteiger partial charge on any atom is 0.189 e. The third-order valence-electron chi connectivity index (χ3n) is 7.32. The molecule has 1 aliphatic heterocycles. The first-order valence-corrected chi connectivity index (χ1v) is 12.8. The second kappa shape index (κ2) is 9.26. The molecule has 1 aliphatic carbocycles. The molecule has 1 saturated heterocycles. The van der Waals surface area contributed by atoms with Crippen LogP contribution in [0.1, 0.15) is 28.2 Å². The summed E-state index contributed by atoms with van der Waals surface area (Å²) in [6.45, 7) is 1.32. The van der Waals surface area contributed by atoms with Crippen molar-refractivity contribution in [2.24, 2.45) is 11.3 Å². The number of fused-ring (bicyclic) bond motifs is 2. The van der Waals surface area contributed by atoms with Crippen molar-refractivity contribution < 1.29 is 13.6 Å². The zero-order chi connectivity index (χ0) is 24.7. The third kappa shape index (κ3) is 4.14. The van der Waals surface area contributed by atoms with E-state index in [1.54, 1.807) is 30.5 Å². The maximum atomic E-state index is 14.1. The molecule has 5 nitrogen and oxygen atoms in total. The Morgan fingerprint density at radius 2 is 1.89 bits per heavy atom. The lowest BCUT2D eigenvalue weighted by molar-refractivity contribution is 0.0412. The van der Waals surface area contributed by atoms with Crippen LogP contribution in [0.5, 0.6) is 0 Å². The summed E-state index contributed by atoms with van der Waals surface area (Å²) >= 11 is 1.49. The normalized spacial score (nSPS) is 21.6. The standard InChI is InChI=1S/C28H24F2N4OS/c29-21-7-9-23(10-8-21)34-26-14-20-11-13-33(36-24-5-3-4-22(30)15-24)18-28(20,16-19(26)17-32-34)27(35)25-6-1-2-12-31-25/h1-10,12,15,17,20H,11,13-14,16,18H2. The lowest BCUT2D eigenvalue weighted by atomic mass is 9.60. The number of rotatable bonds is 5. The number of hydrogen-bond donors (Lipinski definition) is 0. The molecule has 0 bridgehead atoms. The van der Waals surface area contributed by atoms with E-state index in [0.717, 1.165) is 34.8 Å². The summed E-state index contributed by atoms with van der Waals surface area (Å²) in [7, 11) is 0. The van der Waals surface area contributed by atoms with Gasteiger partial charge in [0.1, 0.15) is 17.3 Å². The lowest BCUT2D eigenvalue weighted by Gasteiger charge is -2.49. The molecule has 3 heterocycles. The van der Waals surface area contributed by atoms with Gasteiger partial charge in [-0.3, -0.25) is 9.78 Å². The van der Waals surface area contributed by atoms with E-state index in [0.29, 0.717) is 25.1 Å². The monoisotopic (exact) mass is 502 g/mol. The van der Waals surface area contributed by atoms with Gasteiger partial charge in [-0.2, -0.15) is 5.10 Å². The zero-order valence-corrected chi connectivity index (χ0v) is 20.3. The summed E-state index contributed by atoms with van der Waals surface area (Å²) in [4.78, 5) is 19.3. The quantitative estimate of drug-likeness (QED) is 0.265. The Kier molecular flexibility index (Phi) is 5.93. The van der Waals surface area contributed by atoms with Gasteiger partial charge in [-0.25, -0.2) is 17.8 Å². The highest BCUT2D eigenvalue weighted by Gasteiger charge is 2.53. The Bertz CT molecular complexity index is 1410. The predicted octanol–water partition coefficient (Wildman–Crippen LogP) is 5.54. The number of halogens is 2. The van der Waals surface area contributed by atoms with E-state index < -0.39 is 5.41 Å². The van der Waals surface area contributed by atoms with Crippen LogP contribution in [0.25, 0.3) is 5.69 Å². The Morgan fingerprint density at radius 3 is 2.67 bits per heavy atom. The first kappa shape index (κ1) is 23.1. The summed E-state index contributed by atoms with van der Waals surface area (Å²) in [5.74, 6) is -0.426. The van der Waals surface area contributed by atoms with Crippen molar-refractivity contribution in [1.29, 1.82) is 0 Å². The molecule has 2 aromatic carbocycles. The predicted molar refractivity (Wildman–Crippen MR) is 134 cm³/mol. The molecule has 2 aromatic heterocycles. The maximum absolute atomic E-state index is 14.1. The summed E-state index contributed by atoms with van der Waals surface area (Å²) < 4.78 is 31.4. The largest absolute Gasteiger partial charge is 0.292 e. The average Bonchev–Trinajstić information content (AvgIpc) is 3.30. The zero-order valence-electron chi connectivity index (χ0n) is 19.5. The number of aromatic nitrogens is 3. The lowest BCUT2D eigenvalue weighted by Crippen LogP contribution is -2.55. The summed E-state index contributed by atoms with van der Waals surface area (Å²) in [6.07, 6.45) is 5.55. The van der Waals surface area contributed by atoms with Gasteiger partial charge >= 0.3 is 0 Å². The number of nitrogens with zero attached hydrogens (tertiary/aromatic N) is 4. The van der Waals surface area contributed by atoms with Crippen LogP contribution in [0.4, 0.5) is 8.78 Å². The topological polar surface area (TPSA) is 51.0 Å². The number of Topliss-reactive ketones (excluding diaryl/α,β-unsaturated/α-hetero) is 1. The summed E-state index contributed by atoms with van der Waals surface area (Å²) in [6, 6.07) is 18.3. The van der Waals surface area contributed by atoms with Crippen LogP contribution < -0.4 is 0 Å². The van der Waals surface area contributed by atoms with Gasteiger partial charge in [0.05, 0.1) is 17.3 Å². The second-order valence-electron chi connectivity index (χ2n) is 9.48. The highest BCUT2D eigenvalue weighted by Crippen LogP contribution is 2.49. The van der Waals surface area contributed by atoms with Crippen molar-refractivity contribution in [2.45, 2.75) is 24.2 Å². The van der Waals surface area contributed by atoms with Crippen LogP contribution in [0.15, 0.2) is 84.0 Å². The number of hydrogen-bond acceptors (Lipinski definition) is 5. The van der Waals surface area contributed by atoms with E-state index in [1.165, 1.54) is 36.2 Å². The fourth-order valence-electron chi connectivity index (χ4n) is 5.59. The second-order valence-corrected chi connectivity index (χ2v) is 10.7. The number of ketones is 1. The van der Waals surface area contributed by atoms with Gasteiger partial charge in [-0.1, -0.05) is 12.1 Å². The molecule has 0 N–H and O–H groups in total. The first-order valence-electron chi connectivity index (χ1n) is 12.0. The number of carbonyl (C=O) groups excluding carboxylic acids is 1. The van der Waals surface area contributed by atoms with E-state index in [2.05, 4.69) is 14.4 Å². The van der Waals surface area contributed by atoms with E-state index >= 15 is 0 Å². The van der Waals surface area contributed by atoms with Gasteiger partial charge in [0.15, 0.2) is 5.78 Å². The number of piperidine rings is 1. The highest BCUT2D eigenvalue weighted by atomic mass is 32.2. The molecule has 2 unspecified atom stereocenters. The molecule has 182 valence electrons. The molecule has 0 saturated carbocycles. The van der Waals surface area contributed by atoms with Crippen molar-refractivity contribution in [2.75, 3.05) is 13.1 Å². The molecule has 8 heteroatoms. The molecule has 36 heavy (non-hydrogen) atoms. The van der Waals surface area contributed by atoms with E-state index in [-0.39, 0.29) is 23.3 Å². The fraction of sp³-hybridized carbons (Fsp3) is 0.250. The van der Waals surface area contributed by atoms with Crippen molar-refractivity contribution in [3.05, 3.63) is 108 Å². The molecule has 2 atom stereocenters. The fourth-order valence-corrected chi connectivity index (χ4v) is 6.68. The van der Waals surface area contributed by atoms with Gasteiger partial charge in [0, 0.05) is 29.9 Å². The molecule has 1 fully saturated rings. The molecular formula is C28H24F2N4OS. The van der Waals surface area contributed by atoms with Crippen molar-refractivity contribution in [1.82, 2.24) is 19.1 Å². The van der Waals surface area contributed by atoms with Crippen LogP contribution in [0.2, 0.25) is 0 Å². The van der Waals surface area contributed by atoms with Crippen LogP contribution in [0.3, 0.4) is 0 Å². The average molecular weight is 503 g/mol. The minimum Gasteiger partial charge on any atom is -0.292 e. The molecule has 0 spiro atoms. The Balaban J connectivity index is 1.37. The van der Waals surface area contributed by atoms with Crippen molar-refractivity contribution in [3.8, 4) is 5.69 Å². The molecular weight excluding hydrogens is 478 g/mol. The summed E-state index contributed by atoms with van der Waals surface area (Å²) in [5, 5.41) is 4.62. The molecule has 0 amide bonds. The third-order valence-corrected chi connectivity index (χ3v) is 8.35. The minimum atomic E-state index is -0.670. The van der Waals surface area contributed by atoms with E-state index in [1.807, 2.05) is 29.1 Å². The Hall–Kier alpha value is -3.36. The van der Waals surface area contributed by atoms with Crippen LogP contribution >= 0.6 is 11.9 Å². The van der Waals surface area contributed by atoms with Crippen molar-refractivity contribution >= 4 is 17.7 Å². The minimum absolute atomic E-state index is 0.0397. The Labute approximate surface area is 212 Å². The molecule has 4 aromatic rings. The smallest absolute Gasteiger partial charge is 0.189 e. The molecule has 6 rings (SSSR count). The van der Waals surface area contributed by atoms with Crippen LogP contribution in [-0.2, 0) is 12.8 Å². The SMILES string of the molecule is O=C(c1ccccn1)C12Cc3cnn(-c4ccc(F)cc4)c3CC1CCN(Sc1cccc(F)c1)C2. The van der Waals surface area contributed by atoms with E-state index in [9.17, 15) is 13.6 Å². The molecule has 0 radical (unpaired) electrons. The number of pyridine rings is 1. The van der Waals surface area contributed by atoms with Crippen molar-refractivity contribution in [3.63, 3.8) is 0 Å². The van der Waals surface area contributed by atoms with Gasteiger partial charge < -0.3 is 0 Å². The van der Waals surface area contributed by atoms with Gasteiger partial charge in [0.2, 0.25) is 0 Å². The van der Waals surface area contributed by atoms with Gasteiger partial charge in [-0.05, 0) is 97.3 Å². The molecule has 2 aliphatic rings. The van der Waals surface area contributed by atoms with E-state index in [4.69, 9.17) is 0 Å². The highest BCUT2D eigenvalue weighted by molar-refractivity contribution is 7.97. The summed E-state index contributed by atoms with van der Waals surface area (Å²) in [5.41, 5.74) is 2.70. The van der Waals surface area contributed by atoms with Crippen LogP contribution in [-0.4, -0.2) is 37.9 Å². The number of carbonyl (C=O) groups is 1.